The largest absolute Gasteiger partial charge is 0.309 e. The molecule has 0 aliphatic heterocycles. The summed E-state index contributed by atoms with van der Waals surface area (Å²) in [4.78, 5) is 14.8. The molecule has 6 aromatic carbocycles. The predicted molar refractivity (Wildman–Crippen MR) is 181 cm³/mol. The number of aromatic nitrogens is 4. The summed E-state index contributed by atoms with van der Waals surface area (Å²) >= 11 is 0. The molecule has 8 aromatic rings. The van der Waals surface area contributed by atoms with Crippen molar-refractivity contribution in [3.63, 3.8) is 0 Å². The minimum Gasteiger partial charge on any atom is -0.309 e. The summed E-state index contributed by atoms with van der Waals surface area (Å²) in [6.07, 6.45) is 0. The smallest absolute Gasteiger partial charge is 0.164 e. The molecule has 2 aromatic heterocycles. The zero-order valence-electron chi connectivity index (χ0n) is 24.2. The van der Waals surface area contributed by atoms with Gasteiger partial charge < -0.3 is 4.57 Å². The Kier molecular flexibility index (Phi) is 6.44. The van der Waals surface area contributed by atoms with E-state index in [2.05, 4.69) is 71.3 Å². The van der Waals surface area contributed by atoms with Crippen LogP contribution in [0.15, 0.2) is 152 Å². The lowest BCUT2D eigenvalue weighted by Gasteiger charge is -2.14. The summed E-state index contributed by atoms with van der Waals surface area (Å²) in [6.45, 7) is 0. The van der Waals surface area contributed by atoms with E-state index in [1.807, 2.05) is 91.0 Å². The molecule has 0 fully saturated rings. The highest BCUT2D eigenvalue weighted by atomic mass is 15.0. The van der Waals surface area contributed by atoms with E-state index in [9.17, 15) is 5.26 Å². The van der Waals surface area contributed by atoms with E-state index in [1.165, 1.54) is 10.8 Å². The maximum Gasteiger partial charge on any atom is 0.164 e. The van der Waals surface area contributed by atoms with Gasteiger partial charge in [-0.25, -0.2) is 15.0 Å². The molecule has 0 bridgehead atoms. The topological polar surface area (TPSA) is 67.4 Å². The first-order chi connectivity index (χ1) is 22.3. The summed E-state index contributed by atoms with van der Waals surface area (Å²) in [5, 5.41) is 12.5. The Morgan fingerprint density at radius 2 is 0.933 bits per heavy atom. The molecule has 0 N–H and O–H groups in total. The quantitative estimate of drug-likeness (QED) is 0.205. The van der Waals surface area contributed by atoms with Crippen LogP contribution in [-0.2, 0) is 0 Å². The van der Waals surface area contributed by atoms with Crippen LogP contribution in [0, 0.1) is 11.3 Å². The SMILES string of the molecule is N#Cc1cc(-c2ccccc2-c2nc(-c3ccccc3)nc(-c3ccccc3)n2)cc(-n2c3ccccc3c3ccccc32)c1. The Bertz CT molecular complexity index is 2270. The molecule has 0 spiro atoms. The Balaban J connectivity index is 1.35. The highest BCUT2D eigenvalue weighted by molar-refractivity contribution is 6.09. The maximum atomic E-state index is 10.2. The third-order valence-corrected chi connectivity index (χ3v) is 8.06. The highest BCUT2D eigenvalue weighted by Gasteiger charge is 2.18. The molecule has 5 nitrogen and oxygen atoms in total. The van der Waals surface area contributed by atoms with Crippen LogP contribution < -0.4 is 0 Å². The van der Waals surface area contributed by atoms with Crippen LogP contribution >= 0.6 is 0 Å². The van der Waals surface area contributed by atoms with Crippen LogP contribution in [0.2, 0.25) is 0 Å². The lowest BCUT2D eigenvalue weighted by Crippen LogP contribution is -2.01. The Hall–Kier alpha value is -6.38. The average Bonchev–Trinajstić information content (AvgIpc) is 3.46. The van der Waals surface area contributed by atoms with Gasteiger partial charge in [-0.1, -0.05) is 121 Å². The van der Waals surface area contributed by atoms with Gasteiger partial charge in [0.1, 0.15) is 0 Å². The van der Waals surface area contributed by atoms with Crippen molar-refractivity contribution < 1.29 is 0 Å². The summed E-state index contributed by atoms with van der Waals surface area (Å²) in [5.74, 6) is 1.77. The summed E-state index contributed by atoms with van der Waals surface area (Å²) < 4.78 is 2.24. The fraction of sp³-hybridized carbons (Fsp3) is 0. The van der Waals surface area contributed by atoms with Gasteiger partial charge in [-0.05, 0) is 41.5 Å². The molecule has 2 heterocycles. The number of para-hydroxylation sites is 2. The van der Waals surface area contributed by atoms with E-state index in [0.717, 1.165) is 44.5 Å². The van der Waals surface area contributed by atoms with Gasteiger partial charge >= 0.3 is 0 Å². The number of nitrogens with zero attached hydrogens (tertiary/aromatic N) is 5. The van der Waals surface area contributed by atoms with Gasteiger partial charge in [-0.15, -0.1) is 0 Å². The Morgan fingerprint density at radius 3 is 1.51 bits per heavy atom. The first-order valence-corrected chi connectivity index (χ1v) is 14.8. The fourth-order valence-electron chi connectivity index (χ4n) is 6.02. The molecule has 45 heavy (non-hydrogen) atoms. The van der Waals surface area contributed by atoms with Crippen molar-refractivity contribution >= 4 is 21.8 Å². The monoisotopic (exact) mass is 575 g/mol. The molecule has 0 radical (unpaired) electrons. The second-order valence-corrected chi connectivity index (χ2v) is 10.8. The van der Waals surface area contributed by atoms with Crippen LogP contribution in [0.5, 0.6) is 0 Å². The lowest BCUT2D eigenvalue weighted by molar-refractivity contribution is 1.07. The predicted octanol–water partition coefficient (Wildman–Crippen LogP) is 9.51. The highest BCUT2D eigenvalue weighted by Crippen LogP contribution is 2.37. The molecular formula is C40H25N5. The summed E-state index contributed by atoms with van der Waals surface area (Å²) in [7, 11) is 0. The van der Waals surface area contributed by atoms with Gasteiger partial charge in [-0.3, -0.25) is 0 Å². The number of benzene rings is 6. The van der Waals surface area contributed by atoms with Crippen LogP contribution in [0.4, 0.5) is 0 Å². The second kappa shape index (κ2) is 11.0. The molecule has 5 heteroatoms. The molecular weight excluding hydrogens is 550 g/mol. The van der Waals surface area contributed by atoms with Crippen molar-refractivity contribution in [1.29, 1.82) is 5.26 Å². The number of nitriles is 1. The molecule has 8 rings (SSSR count). The number of fused-ring (bicyclic) bond motifs is 3. The van der Waals surface area contributed by atoms with Gasteiger partial charge in [0.25, 0.3) is 0 Å². The zero-order valence-corrected chi connectivity index (χ0v) is 24.2. The molecule has 0 aliphatic carbocycles. The number of hydrogen-bond donors (Lipinski definition) is 0. The second-order valence-electron chi connectivity index (χ2n) is 10.8. The summed E-state index contributed by atoms with van der Waals surface area (Å²) in [6, 6.07) is 53.3. The van der Waals surface area contributed by atoms with Crippen molar-refractivity contribution in [2.75, 3.05) is 0 Å². The zero-order chi connectivity index (χ0) is 30.2. The molecule has 0 saturated carbocycles. The van der Waals surface area contributed by atoms with E-state index in [4.69, 9.17) is 15.0 Å². The first kappa shape index (κ1) is 26.3. The minimum absolute atomic E-state index is 0.569. The third kappa shape index (κ3) is 4.71. The van der Waals surface area contributed by atoms with E-state index in [-0.39, 0.29) is 0 Å². The van der Waals surface area contributed by atoms with Crippen LogP contribution in [0.3, 0.4) is 0 Å². The number of hydrogen-bond acceptors (Lipinski definition) is 4. The van der Waals surface area contributed by atoms with Crippen molar-refractivity contribution in [3.05, 3.63) is 157 Å². The van der Waals surface area contributed by atoms with Crippen LogP contribution in [0.25, 0.3) is 72.8 Å². The molecule has 0 atom stereocenters. The van der Waals surface area contributed by atoms with E-state index >= 15 is 0 Å². The van der Waals surface area contributed by atoms with E-state index in [0.29, 0.717) is 23.0 Å². The number of rotatable bonds is 5. The Morgan fingerprint density at radius 1 is 0.444 bits per heavy atom. The minimum atomic E-state index is 0.569. The molecule has 0 saturated heterocycles. The standard InChI is InChI=1S/C40H25N5/c41-26-27-23-30(25-31(24-27)45-36-21-11-9-18-33(36)34-19-10-12-22-37(34)45)32-17-7-8-20-35(32)40-43-38(28-13-3-1-4-14-28)42-39(44-40)29-15-5-2-6-16-29/h1-25H. The van der Waals surface area contributed by atoms with Gasteiger partial charge in [-0.2, -0.15) is 5.26 Å². The molecule has 0 aliphatic rings. The maximum absolute atomic E-state index is 10.2. The van der Waals surface area contributed by atoms with Gasteiger partial charge in [0.2, 0.25) is 0 Å². The fourth-order valence-corrected chi connectivity index (χ4v) is 6.02. The van der Waals surface area contributed by atoms with Crippen molar-refractivity contribution in [2.24, 2.45) is 0 Å². The molecule has 210 valence electrons. The van der Waals surface area contributed by atoms with Crippen molar-refractivity contribution in [3.8, 4) is 57.0 Å². The van der Waals surface area contributed by atoms with Crippen molar-refractivity contribution in [2.45, 2.75) is 0 Å². The van der Waals surface area contributed by atoms with Gasteiger partial charge in [0, 0.05) is 33.2 Å². The molecule has 0 unspecified atom stereocenters. The Labute approximate surface area is 260 Å². The third-order valence-electron chi connectivity index (χ3n) is 8.06. The van der Waals surface area contributed by atoms with Crippen LogP contribution in [-0.4, -0.2) is 19.5 Å². The van der Waals surface area contributed by atoms with Crippen LogP contribution in [0.1, 0.15) is 5.56 Å². The lowest BCUT2D eigenvalue weighted by atomic mass is 9.96. The summed E-state index contributed by atoms with van der Waals surface area (Å²) in [5.41, 5.74) is 8.19. The average molecular weight is 576 g/mol. The normalized spacial score (nSPS) is 11.1. The van der Waals surface area contributed by atoms with Gasteiger partial charge in [0.15, 0.2) is 17.5 Å². The molecule has 0 amide bonds. The van der Waals surface area contributed by atoms with E-state index < -0.39 is 0 Å². The van der Waals surface area contributed by atoms with Crippen molar-refractivity contribution in [1.82, 2.24) is 19.5 Å². The van der Waals surface area contributed by atoms with E-state index in [1.54, 1.807) is 0 Å². The van der Waals surface area contributed by atoms with Gasteiger partial charge in [0.05, 0.1) is 22.7 Å². The first-order valence-electron chi connectivity index (χ1n) is 14.8.